The maximum atomic E-state index is 3.71. The van der Waals surface area contributed by atoms with Gasteiger partial charge in [0.2, 0.25) is 0 Å². The van der Waals surface area contributed by atoms with E-state index in [0.717, 1.165) is 18.9 Å². The minimum absolute atomic E-state index is 0.500. The van der Waals surface area contributed by atoms with Crippen LogP contribution in [0.4, 0.5) is 0 Å². The SMILES string of the molecule is C1=NNCC1.CC(C)(C)C.CC(C)C. The lowest BCUT2D eigenvalue weighted by atomic mass is 10.0. The van der Waals surface area contributed by atoms with Crippen LogP contribution in [0, 0.1) is 11.3 Å². The van der Waals surface area contributed by atoms with E-state index in [1.54, 1.807) is 0 Å². The van der Waals surface area contributed by atoms with Crippen LogP contribution >= 0.6 is 0 Å². The molecule has 2 nitrogen and oxygen atoms in total. The first-order valence-electron chi connectivity index (χ1n) is 5.48. The van der Waals surface area contributed by atoms with Crippen molar-refractivity contribution in [3.63, 3.8) is 0 Å². The van der Waals surface area contributed by atoms with Crippen LogP contribution in [0.3, 0.4) is 0 Å². The third kappa shape index (κ3) is 62.9. The van der Waals surface area contributed by atoms with E-state index in [1.165, 1.54) is 0 Å². The van der Waals surface area contributed by atoms with Gasteiger partial charge in [0.1, 0.15) is 0 Å². The normalized spacial score (nSPS) is 13.7. The molecule has 1 aliphatic rings. The Morgan fingerprint density at radius 3 is 1.57 bits per heavy atom. The van der Waals surface area contributed by atoms with Crippen molar-refractivity contribution in [3.8, 4) is 0 Å². The highest BCUT2D eigenvalue weighted by molar-refractivity contribution is 5.58. The molecule has 0 radical (unpaired) electrons. The van der Waals surface area contributed by atoms with E-state index in [0.29, 0.717) is 5.41 Å². The first-order chi connectivity index (χ1) is 6.23. The molecule has 0 spiro atoms. The van der Waals surface area contributed by atoms with Gasteiger partial charge in [0, 0.05) is 19.2 Å². The zero-order valence-corrected chi connectivity index (χ0v) is 11.0. The number of nitrogens with zero attached hydrogens (tertiary/aromatic N) is 1. The standard InChI is InChI=1S/C5H12.C4H10.C3H6N2/c1-5(2,3)4;1-4(2)3;1-2-4-5-3-1/h1-4H3;4H,1-3H3;2,5H,1,3H2. The zero-order valence-electron chi connectivity index (χ0n) is 11.0. The third-order valence-corrected chi connectivity index (χ3v) is 0.568. The van der Waals surface area contributed by atoms with Crippen molar-refractivity contribution in [3.05, 3.63) is 0 Å². The topological polar surface area (TPSA) is 24.4 Å². The van der Waals surface area contributed by atoms with Crippen LogP contribution in [0.1, 0.15) is 54.9 Å². The highest BCUT2D eigenvalue weighted by Gasteiger charge is 1.95. The molecule has 86 valence electrons. The lowest BCUT2D eigenvalue weighted by Gasteiger charge is -2.05. The average Bonchev–Trinajstić information content (AvgIpc) is 2.32. The van der Waals surface area contributed by atoms with Gasteiger partial charge in [-0.25, -0.2) is 0 Å². The Hall–Kier alpha value is -0.530. The van der Waals surface area contributed by atoms with Gasteiger partial charge in [0.15, 0.2) is 0 Å². The predicted octanol–water partition coefficient (Wildman–Crippen LogP) is 3.68. The number of hydrazone groups is 1. The van der Waals surface area contributed by atoms with Crippen molar-refractivity contribution in [1.82, 2.24) is 5.43 Å². The summed E-state index contributed by atoms with van der Waals surface area (Å²) in [6.07, 6.45) is 2.97. The Balaban J connectivity index is 0. The van der Waals surface area contributed by atoms with Gasteiger partial charge in [0.05, 0.1) is 0 Å². The van der Waals surface area contributed by atoms with Gasteiger partial charge in [-0.2, -0.15) is 5.10 Å². The molecule has 14 heavy (non-hydrogen) atoms. The van der Waals surface area contributed by atoms with Crippen molar-refractivity contribution < 1.29 is 0 Å². The van der Waals surface area contributed by atoms with Crippen LogP contribution in [0.25, 0.3) is 0 Å². The van der Waals surface area contributed by atoms with Crippen LogP contribution in [-0.2, 0) is 0 Å². The van der Waals surface area contributed by atoms with E-state index in [1.807, 2.05) is 6.21 Å². The second-order valence-electron chi connectivity index (χ2n) is 5.74. The van der Waals surface area contributed by atoms with Gasteiger partial charge in [-0.15, -0.1) is 0 Å². The minimum atomic E-state index is 0.500. The molecule has 0 aliphatic carbocycles. The molecular formula is C12H28N2. The highest BCUT2D eigenvalue weighted by Crippen LogP contribution is 2.08. The van der Waals surface area contributed by atoms with E-state index in [2.05, 4.69) is 59.0 Å². The van der Waals surface area contributed by atoms with E-state index in [9.17, 15) is 0 Å². The first-order valence-corrected chi connectivity index (χ1v) is 5.48. The average molecular weight is 200 g/mol. The van der Waals surface area contributed by atoms with E-state index >= 15 is 0 Å². The van der Waals surface area contributed by atoms with Crippen molar-refractivity contribution in [2.45, 2.75) is 54.9 Å². The molecule has 0 atom stereocenters. The van der Waals surface area contributed by atoms with Crippen molar-refractivity contribution in [2.24, 2.45) is 16.4 Å². The minimum Gasteiger partial charge on any atom is -0.310 e. The van der Waals surface area contributed by atoms with Crippen LogP contribution in [0.2, 0.25) is 0 Å². The Morgan fingerprint density at radius 2 is 1.50 bits per heavy atom. The summed E-state index contributed by atoms with van der Waals surface area (Å²) in [5.41, 5.74) is 3.29. The molecule has 0 aromatic carbocycles. The maximum Gasteiger partial charge on any atom is 0.0379 e. The summed E-state index contributed by atoms with van der Waals surface area (Å²) in [5.74, 6) is 0.833. The summed E-state index contributed by atoms with van der Waals surface area (Å²) in [6, 6.07) is 0. The Kier molecular flexibility index (Phi) is 10.3. The van der Waals surface area contributed by atoms with Crippen LogP contribution < -0.4 is 5.43 Å². The molecule has 0 saturated heterocycles. The van der Waals surface area contributed by atoms with Gasteiger partial charge < -0.3 is 5.43 Å². The fraction of sp³-hybridized carbons (Fsp3) is 0.917. The quantitative estimate of drug-likeness (QED) is 0.634. The van der Waals surface area contributed by atoms with Crippen molar-refractivity contribution in [2.75, 3.05) is 6.54 Å². The lowest BCUT2D eigenvalue weighted by Crippen LogP contribution is -1.96. The molecule has 2 heteroatoms. The van der Waals surface area contributed by atoms with Crippen LogP contribution in [0.15, 0.2) is 5.10 Å². The summed E-state index contributed by atoms with van der Waals surface area (Å²) in [7, 11) is 0. The molecule has 0 aromatic heterocycles. The molecule has 0 aromatic rings. The number of hydrogen-bond acceptors (Lipinski definition) is 2. The fourth-order valence-corrected chi connectivity index (χ4v) is 0.323. The summed E-state index contributed by atoms with van der Waals surface area (Å²) < 4.78 is 0. The van der Waals surface area contributed by atoms with Crippen LogP contribution in [0.5, 0.6) is 0 Å². The molecule has 0 unspecified atom stereocenters. The molecule has 0 bridgehead atoms. The van der Waals surface area contributed by atoms with E-state index < -0.39 is 0 Å². The molecule has 1 heterocycles. The van der Waals surface area contributed by atoms with Crippen molar-refractivity contribution in [1.29, 1.82) is 0 Å². The lowest BCUT2D eigenvalue weighted by molar-refractivity contribution is 0.469. The monoisotopic (exact) mass is 200 g/mol. The molecule has 0 fully saturated rings. The van der Waals surface area contributed by atoms with E-state index in [-0.39, 0.29) is 0 Å². The van der Waals surface area contributed by atoms with Gasteiger partial charge >= 0.3 is 0 Å². The maximum absolute atomic E-state index is 3.71. The molecule has 0 saturated carbocycles. The highest BCUT2D eigenvalue weighted by atomic mass is 15.3. The van der Waals surface area contributed by atoms with Crippen LogP contribution in [-0.4, -0.2) is 12.8 Å². The smallest absolute Gasteiger partial charge is 0.0379 e. The Bertz CT molecular complexity index is 117. The number of nitrogens with one attached hydrogen (secondary N) is 1. The molecule has 1 N–H and O–H groups in total. The summed E-state index contributed by atoms with van der Waals surface area (Å²) in [6.45, 7) is 16.3. The van der Waals surface area contributed by atoms with Gasteiger partial charge in [-0.05, 0) is 11.3 Å². The Labute approximate surface area is 90.2 Å². The second-order valence-corrected chi connectivity index (χ2v) is 5.74. The van der Waals surface area contributed by atoms with Crippen molar-refractivity contribution >= 4 is 6.21 Å². The largest absolute Gasteiger partial charge is 0.310 e. The Morgan fingerprint density at radius 1 is 1.14 bits per heavy atom. The molecule has 0 amide bonds. The first kappa shape index (κ1) is 15.9. The zero-order chi connectivity index (χ0) is 11.6. The van der Waals surface area contributed by atoms with Gasteiger partial charge in [-0.1, -0.05) is 48.5 Å². The molecular weight excluding hydrogens is 172 g/mol. The van der Waals surface area contributed by atoms with E-state index in [4.69, 9.17) is 0 Å². The summed E-state index contributed by atoms with van der Waals surface area (Å²) in [5, 5.41) is 3.71. The summed E-state index contributed by atoms with van der Waals surface area (Å²) in [4.78, 5) is 0. The number of rotatable bonds is 0. The van der Waals surface area contributed by atoms with Gasteiger partial charge in [-0.3, -0.25) is 0 Å². The number of hydrogen-bond donors (Lipinski definition) is 1. The van der Waals surface area contributed by atoms with Gasteiger partial charge in [0.25, 0.3) is 0 Å². The fourth-order valence-electron chi connectivity index (χ4n) is 0.323. The molecule has 1 rings (SSSR count). The third-order valence-electron chi connectivity index (χ3n) is 0.568. The molecule has 1 aliphatic heterocycles. The summed E-state index contributed by atoms with van der Waals surface area (Å²) >= 11 is 0. The second kappa shape index (κ2) is 9.04. The predicted molar refractivity (Wildman–Crippen MR) is 66.8 cm³/mol.